The standard InChI is InChI=1S/C15H25N3O/c1-11(2)19-14-7-4-8-17-15(14)18-10-12-5-3-6-13(16)9-12/h4,7-8,11-13H,3,5-6,9-10,16H2,1-2H3,(H,17,18). The third-order valence-electron chi connectivity index (χ3n) is 3.51. The number of anilines is 1. The average molecular weight is 263 g/mol. The fourth-order valence-corrected chi connectivity index (χ4v) is 2.63. The number of aromatic nitrogens is 1. The molecule has 0 aromatic carbocycles. The highest BCUT2D eigenvalue weighted by atomic mass is 16.5. The average Bonchev–Trinajstić information content (AvgIpc) is 2.37. The highest BCUT2D eigenvalue weighted by Crippen LogP contribution is 2.26. The number of hydrogen-bond acceptors (Lipinski definition) is 4. The first-order chi connectivity index (χ1) is 9.15. The van der Waals surface area contributed by atoms with Gasteiger partial charge in [0.15, 0.2) is 11.6 Å². The number of pyridine rings is 1. The Morgan fingerprint density at radius 3 is 3.05 bits per heavy atom. The lowest BCUT2D eigenvalue weighted by Crippen LogP contribution is -2.31. The second-order valence-corrected chi connectivity index (χ2v) is 5.69. The summed E-state index contributed by atoms with van der Waals surface area (Å²) in [4.78, 5) is 4.37. The van der Waals surface area contributed by atoms with E-state index in [1.54, 1.807) is 6.20 Å². The minimum Gasteiger partial charge on any atom is -0.487 e. The summed E-state index contributed by atoms with van der Waals surface area (Å²) in [6.07, 6.45) is 6.73. The van der Waals surface area contributed by atoms with Gasteiger partial charge in [-0.3, -0.25) is 0 Å². The molecule has 1 fully saturated rings. The van der Waals surface area contributed by atoms with Crippen LogP contribution in [0.15, 0.2) is 18.3 Å². The van der Waals surface area contributed by atoms with E-state index in [0.29, 0.717) is 12.0 Å². The van der Waals surface area contributed by atoms with Crippen LogP contribution in [0.4, 0.5) is 5.82 Å². The van der Waals surface area contributed by atoms with E-state index in [0.717, 1.165) is 24.5 Å². The highest BCUT2D eigenvalue weighted by molar-refractivity contribution is 5.49. The summed E-state index contributed by atoms with van der Waals surface area (Å²) in [6.45, 7) is 4.98. The fourth-order valence-electron chi connectivity index (χ4n) is 2.63. The summed E-state index contributed by atoms with van der Waals surface area (Å²) in [5.41, 5.74) is 6.02. The summed E-state index contributed by atoms with van der Waals surface area (Å²) in [5, 5.41) is 3.42. The molecule has 1 aliphatic rings. The van der Waals surface area contributed by atoms with Crippen LogP contribution >= 0.6 is 0 Å². The van der Waals surface area contributed by atoms with Gasteiger partial charge in [-0.15, -0.1) is 0 Å². The molecule has 106 valence electrons. The maximum atomic E-state index is 6.02. The molecule has 1 heterocycles. The predicted octanol–water partition coefficient (Wildman–Crippen LogP) is 2.80. The smallest absolute Gasteiger partial charge is 0.168 e. The number of nitrogens with two attached hydrogens (primary N) is 1. The van der Waals surface area contributed by atoms with E-state index in [4.69, 9.17) is 10.5 Å². The van der Waals surface area contributed by atoms with Crippen molar-refractivity contribution < 1.29 is 4.74 Å². The molecule has 19 heavy (non-hydrogen) atoms. The first-order valence-corrected chi connectivity index (χ1v) is 7.26. The van der Waals surface area contributed by atoms with Gasteiger partial charge in [0, 0.05) is 18.8 Å². The largest absolute Gasteiger partial charge is 0.487 e. The molecule has 0 spiro atoms. The monoisotopic (exact) mass is 263 g/mol. The number of rotatable bonds is 5. The van der Waals surface area contributed by atoms with E-state index in [1.807, 2.05) is 26.0 Å². The van der Waals surface area contributed by atoms with Crippen LogP contribution in [0.5, 0.6) is 5.75 Å². The zero-order chi connectivity index (χ0) is 13.7. The summed E-state index contributed by atoms with van der Waals surface area (Å²) >= 11 is 0. The molecule has 0 saturated heterocycles. The first kappa shape index (κ1) is 14.1. The van der Waals surface area contributed by atoms with Gasteiger partial charge in [-0.25, -0.2) is 4.98 Å². The third kappa shape index (κ3) is 4.39. The summed E-state index contributed by atoms with van der Waals surface area (Å²) in [7, 11) is 0. The van der Waals surface area contributed by atoms with Gasteiger partial charge in [-0.05, 0) is 51.2 Å². The molecule has 0 amide bonds. The molecule has 3 N–H and O–H groups in total. The van der Waals surface area contributed by atoms with Gasteiger partial charge in [0.25, 0.3) is 0 Å². The van der Waals surface area contributed by atoms with Crippen molar-refractivity contribution in [1.82, 2.24) is 4.98 Å². The van der Waals surface area contributed by atoms with Crippen LogP contribution in [0.25, 0.3) is 0 Å². The molecule has 1 saturated carbocycles. The Morgan fingerprint density at radius 1 is 1.47 bits per heavy atom. The summed E-state index contributed by atoms with van der Waals surface area (Å²) in [5.74, 6) is 2.32. The van der Waals surface area contributed by atoms with E-state index in [9.17, 15) is 0 Å². The third-order valence-corrected chi connectivity index (χ3v) is 3.51. The Labute approximate surface area is 115 Å². The molecule has 1 aliphatic carbocycles. The van der Waals surface area contributed by atoms with Crippen LogP contribution in [0.3, 0.4) is 0 Å². The van der Waals surface area contributed by atoms with E-state index >= 15 is 0 Å². The zero-order valence-corrected chi connectivity index (χ0v) is 11.9. The van der Waals surface area contributed by atoms with Crippen molar-refractivity contribution >= 4 is 5.82 Å². The van der Waals surface area contributed by atoms with Crippen LogP contribution in [-0.2, 0) is 0 Å². The second kappa shape index (κ2) is 6.75. The quantitative estimate of drug-likeness (QED) is 0.857. The van der Waals surface area contributed by atoms with Crippen LogP contribution in [0.1, 0.15) is 39.5 Å². The van der Waals surface area contributed by atoms with Crippen molar-refractivity contribution in [2.24, 2.45) is 11.7 Å². The lowest BCUT2D eigenvalue weighted by atomic mass is 9.86. The van der Waals surface area contributed by atoms with Crippen LogP contribution in [-0.4, -0.2) is 23.7 Å². The molecular weight excluding hydrogens is 238 g/mol. The Hall–Kier alpha value is -1.29. The molecule has 4 nitrogen and oxygen atoms in total. The molecule has 1 aromatic rings. The molecule has 1 aromatic heterocycles. The lowest BCUT2D eigenvalue weighted by molar-refractivity contribution is 0.242. The number of ether oxygens (including phenoxy) is 1. The van der Waals surface area contributed by atoms with Crippen molar-refractivity contribution in [3.63, 3.8) is 0 Å². The van der Waals surface area contributed by atoms with Crippen molar-refractivity contribution in [1.29, 1.82) is 0 Å². The Balaban J connectivity index is 1.91. The van der Waals surface area contributed by atoms with Crippen molar-refractivity contribution in [2.75, 3.05) is 11.9 Å². The van der Waals surface area contributed by atoms with E-state index in [1.165, 1.54) is 19.3 Å². The van der Waals surface area contributed by atoms with Gasteiger partial charge in [0.1, 0.15) is 0 Å². The first-order valence-electron chi connectivity index (χ1n) is 7.26. The van der Waals surface area contributed by atoms with E-state index < -0.39 is 0 Å². The van der Waals surface area contributed by atoms with Gasteiger partial charge in [0.05, 0.1) is 6.10 Å². The summed E-state index contributed by atoms with van der Waals surface area (Å²) < 4.78 is 5.76. The molecule has 2 atom stereocenters. The second-order valence-electron chi connectivity index (χ2n) is 5.69. The van der Waals surface area contributed by atoms with Gasteiger partial charge >= 0.3 is 0 Å². The Morgan fingerprint density at radius 2 is 2.32 bits per heavy atom. The maximum Gasteiger partial charge on any atom is 0.168 e. The number of nitrogens with zero attached hydrogens (tertiary/aromatic N) is 1. The number of nitrogens with one attached hydrogen (secondary N) is 1. The Bertz CT molecular complexity index is 395. The molecule has 2 unspecified atom stereocenters. The SMILES string of the molecule is CC(C)Oc1cccnc1NCC1CCCC(N)C1. The van der Waals surface area contributed by atoms with Crippen LogP contribution < -0.4 is 15.8 Å². The maximum absolute atomic E-state index is 6.02. The van der Waals surface area contributed by atoms with Gasteiger partial charge < -0.3 is 15.8 Å². The molecule has 4 heteroatoms. The van der Waals surface area contributed by atoms with Crippen molar-refractivity contribution in [3.8, 4) is 5.75 Å². The molecule has 2 rings (SSSR count). The normalized spacial score (nSPS) is 23.4. The molecule has 0 aliphatic heterocycles. The van der Waals surface area contributed by atoms with Gasteiger partial charge in [-0.1, -0.05) is 6.42 Å². The summed E-state index contributed by atoms with van der Waals surface area (Å²) in [6, 6.07) is 4.23. The lowest BCUT2D eigenvalue weighted by Gasteiger charge is -2.27. The minimum absolute atomic E-state index is 0.160. The Kier molecular flexibility index (Phi) is 5.02. The van der Waals surface area contributed by atoms with Crippen LogP contribution in [0.2, 0.25) is 0 Å². The number of hydrogen-bond donors (Lipinski definition) is 2. The van der Waals surface area contributed by atoms with Crippen molar-refractivity contribution in [3.05, 3.63) is 18.3 Å². The highest BCUT2D eigenvalue weighted by Gasteiger charge is 2.19. The van der Waals surface area contributed by atoms with E-state index in [-0.39, 0.29) is 6.10 Å². The fraction of sp³-hybridized carbons (Fsp3) is 0.667. The van der Waals surface area contributed by atoms with E-state index in [2.05, 4.69) is 10.3 Å². The zero-order valence-electron chi connectivity index (χ0n) is 11.9. The van der Waals surface area contributed by atoms with Gasteiger partial charge in [0.2, 0.25) is 0 Å². The molecule has 0 bridgehead atoms. The topological polar surface area (TPSA) is 60.2 Å². The van der Waals surface area contributed by atoms with Crippen molar-refractivity contribution in [2.45, 2.75) is 51.7 Å². The molecule has 0 radical (unpaired) electrons. The van der Waals surface area contributed by atoms with Gasteiger partial charge in [-0.2, -0.15) is 0 Å². The minimum atomic E-state index is 0.160. The molecular formula is C15H25N3O. The predicted molar refractivity (Wildman–Crippen MR) is 78.4 cm³/mol. The van der Waals surface area contributed by atoms with Crippen LogP contribution in [0, 0.1) is 5.92 Å².